The van der Waals surface area contributed by atoms with Gasteiger partial charge in [-0.3, -0.25) is 29.0 Å². The molecule has 0 saturated carbocycles. The van der Waals surface area contributed by atoms with Crippen LogP contribution in [0.2, 0.25) is 0 Å². The predicted octanol–water partition coefficient (Wildman–Crippen LogP) is -1.24. The first-order valence-electron chi connectivity index (χ1n) is 14.7. The number of carbonyl (C=O) groups is 4. The Hall–Kier alpha value is -3.20. The predicted molar refractivity (Wildman–Crippen MR) is 172 cm³/mol. The van der Waals surface area contributed by atoms with Crippen LogP contribution in [0.4, 0.5) is 0 Å². The fourth-order valence-electron chi connectivity index (χ4n) is 3.51. The number of rotatable bonds is 24. The van der Waals surface area contributed by atoms with Crippen molar-refractivity contribution in [1.82, 2.24) is 50.7 Å². The molecule has 0 heterocycles. The number of nitrogens with one attached hydrogen (secondary N) is 4. The van der Waals surface area contributed by atoms with E-state index in [1.165, 1.54) is 0 Å². The second-order valence-corrected chi connectivity index (χ2v) is 11.5. The number of nitrogens with zero attached hydrogens (tertiary/aromatic N) is 6. The highest BCUT2D eigenvalue weighted by atomic mass is 16.2. The summed E-state index contributed by atoms with van der Waals surface area (Å²) in [6.07, 6.45) is 0.886. The van der Waals surface area contributed by atoms with E-state index in [2.05, 4.69) is 34.4 Å². The average Bonchev–Trinajstić information content (AvgIpc) is 2.90. The van der Waals surface area contributed by atoms with Gasteiger partial charge < -0.3 is 40.9 Å². The Bertz CT molecular complexity index is 824. The summed E-state index contributed by atoms with van der Waals surface area (Å²) < 4.78 is 0. The molecule has 248 valence electrons. The van der Waals surface area contributed by atoms with Gasteiger partial charge >= 0.3 is 0 Å². The van der Waals surface area contributed by atoms with Crippen molar-refractivity contribution in [3.63, 3.8) is 0 Å². The molecule has 0 aromatic carbocycles. The molecule has 4 amide bonds. The van der Waals surface area contributed by atoms with Crippen LogP contribution in [0.1, 0.15) is 25.7 Å². The van der Waals surface area contributed by atoms with E-state index in [0.29, 0.717) is 57.6 Å². The van der Waals surface area contributed by atoms with Crippen LogP contribution in [0, 0.1) is 0 Å². The normalized spacial score (nSPS) is 11.1. The molecule has 0 unspecified atom stereocenters. The van der Waals surface area contributed by atoms with Gasteiger partial charge in [0.15, 0.2) is 0 Å². The molecule has 0 saturated heterocycles. The summed E-state index contributed by atoms with van der Waals surface area (Å²) in [5.41, 5.74) is 0. The molecule has 0 aliphatic carbocycles. The van der Waals surface area contributed by atoms with Gasteiger partial charge in [0, 0.05) is 106 Å². The minimum absolute atomic E-state index is 0.0722. The van der Waals surface area contributed by atoms with Crippen molar-refractivity contribution in [2.75, 3.05) is 115 Å². The Balaban J connectivity index is 5.49. The summed E-state index contributed by atoms with van der Waals surface area (Å²) in [5.74, 6) is 0.442. The van der Waals surface area contributed by atoms with E-state index in [1.54, 1.807) is 38.0 Å². The van der Waals surface area contributed by atoms with Crippen molar-refractivity contribution in [3.8, 4) is 0 Å². The van der Waals surface area contributed by atoms with Gasteiger partial charge in [-0.25, -0.2) is 0 Å². The van der Waals surface area contributed by atoms with E-state index >= 15 is 0 Å². The SMILES string of the molecule is C=C(NC(=O)CCN(CCC(=O)NC(=C)N(C)C)CN(CCC(=O)NCCN(C)C)CCC(=O)NCCN(C)C)N(C)C. The lowest BCUT2D eigenvalue weighted by Crippen LogP contribution is -2.44. The van der Waals surface area contributed by atoms with Crippen LogP contribution in [0.3, 0.4) is 0 Å². The molecular weight excluding hydrogens is 552 g/mol. The van der Waals surface area contributed by atoms with Crippen molar-refractivity contribution in [1.29, 1.82) is 0 Å². The average molecular weight is 611 g/mol. The first-order chi connectivity index (χ1) is 20.1. The number of hydrogen-bond donors (Lipinski definition) is 4. The van der Waals surface area contributed by atoms with Crippen molar-refractivity contribution in [2.24, 2.45) is 0 Å². The highest BCUT2D eigenvalue weighted by Gasteiger charge is 2.18. The van der Waals surface area contributed by atoms with Gasteiger partial charge in [-0.1, -0.05) is 13.2 Å². The summed E-state index contributed by atoms with van der Waals surface area (Å²) in [6.45, 7) is 12.2. The molecule has 14 nitrogen and oxygen atoms in total. The highest BCUT2D eigenvalue weighted by Crippen LogP contribution is 2.04. The smallest absolute Gasteiger partial charge is 0.226 e. The maximum atomic E-state index is 12.6. The second kappa shape index (κ2) is 22.4. The van der Waals surface area contributed by atoms with Gasteiger partial charge in [0.2, 0.25) is 23.6 Å². The topological polar surface area (TPSA) is 136 Å². The van der Waals surface area contributed by atoms with Crippen molar-refractivity contribution >= 4 is 23.6 Å². The molecule has 0 aliphatic rings. The molecule has 0 radical (unpaired) electrons. The zero-order valence-corrected chi connectivity index (χ0v) is 27.9. The van der Waals surface area contributed by atoms with Gasteiger partial charge in [-0.05, 0) is 28.2 Å². The summed E-state index contributed by atoms with van der Waals surface area (Å²) in [4.78, 5) is 61.6. The van der Waals surface area contributed by atoms with E-state index in [-0.39, 0.29) is 49.3 Å². The van der Waals surface area contributed by atoms with E-state index < -0.39 is 0 Å². The Labute approximate surface area is 259 Å². The van der Waals surface area contributed by atoms with Crippen molar-refractivity contribution < 1.29 is 19.2 Å². The summed E-state index contributed by atoms with van der Waals surface area (Å²) in [5, 5.41) is 11.4. The van der Waals surface area contributed by atoms with Crippen LogP contribution < -0.4 is 21.3 Å². The van der Waals surface area contributed by atoms with Crippen LogP contribution >= 0.6 is 0 Å². The Kier molecular flexibility index (Phi) is 20.7. The van der Waals surface area contributed by atoms with Crippen molar-refractivity contribution in [3.05, 3.63) is 24.8 Å². The third-order valence-electron chi connectivity index (χ3n) is 6.43. The summed E-state index contributed by atoms with van der Waals surface area (Å²) in [6, 6.07) is 0. The maximum Gasteiger partial charge on any atom is 0.226 e. The summed E-state index contributed by atoms with van der Waals surface area (Å²) in [7, 11) is 14.9. The standard InChI is InChI=1S/C29H58N10O4/c1-24(36(7)8)32-28(42)13-19-39(20-14-29(43)33-25(2)37(9)10)23-38(17-11-26(40)30-15-21-34(3)4)18-12-27(41)31-16-22-35(5)6/h1-2,11-23H2,3-10H3,(H,30,40)(H,31,41)(H,32,42)(H,33,43). The first kappa shape index (κ1) is 39.8. The number of carbonyl (C=O) groups excluding carboxylic acids is 4. The van der Waals surface area contributed by atoms with Gasteiger partial charge in [0.05, 0.1) is 18.3 Å². The minimum Gasteiger partial charge on any atom is -0.365 e. The lowest BCUT2D eigenvalue weighted by Gasteiger charge is -2.30. The molecular formula is C29H58N10O4. The van der Waals surface area contributed by atoms with Crippen LogP contribution in [0.15, 0.2) is 24.8 Å². The molecule has 0 spiro atoms. The number of amides is 4. The molecule has 0 aromatic heterocycles. The largest absolute Gasteiger partial charge is 0.365 e. The van der Waals surface area contributed by atoms with E-state index in [1.807, 2.05) is 47.8 Å². The van der Waals surface area contributed by atoms with Crippen LogP contribution in [0.25, 0.3) is 0 Å². The molecule has 0 atom stereocenters. The van der Waals surface area contributed by atoms with E-state index in [0.717, 1.165) is 13.1 Å². The zero-order chi connectivity index (χ0) is 32.9. The summed E-state index contributed by atoms with van der Waals surface area (Å²) >= 11 is 0. The molecule has 0 aromatic rings. The molecule has 0 rings (SSSR count). The number of likely N-dealkylation sites (N-methyl/N-ethyl adjacent to an activating group) is 2. The monoisotopic (exact) mass is 610 g/mol. The Morgan fingerprint density at radius 1 is 0.488 bits per heavy atom. The fraction of sp³-hybridized carbons (Fsp3) is 0.724. The van der Waals surface area contributed by atoms with Gasteiger partial charge in [0.1, 0.15) is 0 Å². The number of hydrogen-bond acceptors (Lipinski definition) is 10. The van der Waals surface area contributed by atoms with E-state index in [4.69, 9.17) is 0 Å². The maximum absolute atomic E-state index is 12.6. The van der Waals surface area contributed by atoms with Gasteiger partial charge in [-0.15, -0.1) is 0 Å². The molecule has 43 heavy (non-hydrogen) atoms. The van der Waals surface area contributed by atoms with E-state index in [9.17, 15) is 19.2 Å². The third kappa shape index (κ3) is 22.1. The van der Waals surface area contributed by atoms with Crippen molar-refractivity contribution in [2.45, 2.75) is 25.7 Å². The minimum atomic E-state index is -0.193. The quantitative estimate of drug-likeness (QED) is 0.0984. The fourth-order valence-corrected chi connectivity index (χ4v) is 3.51. The molecule has 0 fully saturated rings. The Morgan fingerprint density at radius 2 is 0.791 bits per heavy atom. The third-order valence-corrected chi connectivity index (χ3v) is 6.43. The van der Waals surface area contributed by atoms with Crippen LogP contribution in [-0.4, -0.2) is 168 Å². The second-order valence-electron chi connectivity index (χ2n) is 11.5. The Morgan fingerprint density at radius 3 is 1.07 bits per heavy atom. The highest BCUT2D eigenvalue weighted by molar-refractivity contribution is 5.78. The molecule has 4 N–H and O–H groups in total. The molecule has 14 heteroatoms. The first-order valence-corrected chi connectivity index (χ1v) is 14.7. The lowest BCUT2D eigenvalue weighted by molar-refractivity contribution is -0.122. The zero-order valence-electron chi connectivity index (χ0n) is 27.9. The van der Waals surface area contributed by atoms with Gasteiger partial charge in [-0.2, -0.15) is 0 Å². The molecule has 0 aliphatic heterocycles. The van der Waals surface area contributed by atoms with Crippen LogP contribution in [-0.2, 0) is 19.2 Å². The van der Waals surface area contributed by atoms with Gasteiger partial charge in [0.25, 0.3) is 0 Å². The lowest BCUT2D eigenvalue weighted by atomic mass is 10.3. The molecule has 0 bridgehead atoms. The van der Waals surface area contributed by atoms with Crippen LogP contribution in [0.5, 0.6) is 0 Å².